The van der Waals surface area contributed by atoms with Crippen molar-refractivity contribution in [3.63, 3.8) is 0 Å². The van der Waals surface area contributed by atoms with Crippen LogP contribution in [0.15, 0.2) is 18.3 Å². The van der Waals surface area contributed by atoms with Crippen LogP contribution in [0.3, 0.4) is 0 Å². The zero-order valence-electron chi connectivity index (χ0n) is 12.3. The van der Waals surface area contributed by atoms with Crippen LogP contribution in [0.4, 0.5) is 5.82 Å². The standard InChI is InChI=1S/C9H14N2.C6H12O2/c1-7(2)6-8-4-3-5-11-9(8)10;1-2-6-5-7-3-4-8-6/h3-5,7H,6H2,1-2H3,(H2,10,11);6H,2-5H2,1H3. The molecule has 0 bridgehead atoms. The molecule has 108 valence electrons. The van der Waals surface area contributed by atoms with E-state index in [4.69, 9.17) is 15.2 Å². The summed E-state index contributed by atoms with van der Waals surface area (Å²) in [6, 6.07) is 3.95. The smallest absolute Gasteiger partial charge is 0.126 e. The van der Waals surface area contributed by atoms with Crippen LogP contribution < -0.4 is 5.73 Å². The molecule has 0 saturated carbocycles. The van der Waals surface area contributed by atoms with Crippen molar-refractivity contribution < 1.29 is 9.47 Å². The summed E-state index contributed by atoms with van der Waals surface area (Å²) in [6.45, 7) is 8.80. The molecule has 0 aliphatic carbocycles. The minimum atomic E-state index is 0.365. The van der Waals surface area contributed by atoms with Crippen LogP contribution in [0.25, 0.3) is 0 Å². The van der Waals surface area contributed by atoms with E-state index >= 15 is 0 Å². The highest BCUT2D eigenvalue weighted by Crippen LogP contribution is 2.12. The summed E-state index contributed by atoms with van der Waals surface area (Å²) in [4.78, 5) is 4.01. The molecule has 2 heterocycles. The summed E-state index contributed by atoms with van der Waals surface area (Å²) in [6.07, 6.45) is 4.17. The van der Waals surface area contributed by atoms with Crippen LogP contribution >= 0.6 is 0 Å². The third-order valence-electron chi connectivity index (χ3n) is 2.89. The lowest BCUT2D eigenvalue weighted by Gasteiger charge is -2.20. The van der Waals surface area contributed by atoms with Crippen LogP contribution in [0.1, 0.15) is 32.8 Å². The van der Waals surface area contributed by atoms with Gasteiger partial charge in [-0.15, -0.1) is 0 Å². The minimum absolute atomic E-state index is 0.365. The van der Waals surface area contributed by atoms with Crippen molar-refractivity contribution in [2.45, 2.75) is 39.7 Å². The van der Waals surface area contributed by atoms with E-state index in [0.717, 1.165) is 38.2 Å². The highest BCUT2D eigenvalue weighted by molar-refractivity contribution is 5.38. The number of nitrogen functional groups attached to an aromatic ring is 1. The molecule has 1 atom stereocenters. The Morgan fingerprint density at radius 3 is 2.68 bits per heavy atom. The number of ether oxygens (including phenoxy) is 2. The average molecular weight is 266 g/mol. The van der Waals surface area contributed by atoms with Gasteiger partial charge < -0.3 is 15.2 Å². The van der Waals surface area contributed by atoms with E-state index in [9.17, 15) is 0 Å². The first-order chi connectivity index (χ1) is 9.13. The Morgan fingerprint density at radius 2 is 2.21 bits per heavy atom. The molecule has 0 aromatic carbocycles. The Hall–Kier alpha value is -1.13. The van der Waals surface area contributed by atoms with Gasteiger partial charge >= 0.3 is 0 Å². The number of nitrogens with zero attached hydrogens (tertiary/aromatic N) is 1. The second-order valence-electron chi connectivity index (χ2n) is 5.12. The van der Waals surface area contributed by atoms with Crippen LogP contribution in [-0.4, -0.2) is 30.9 Å². The molecule has 0 radical (unpaired) electrons. The van der Waals surface area contributed by atoms with Crippen molar-refractivity contribution in [2.24, 2.45) is 5.92 Å². The van der Waals surface area contributed by atoms with E-state index in [2.05, 4.69) is 25.8 Å². The lowest BCUT2D eigenvalue weighted by atomic mass is 10.0. The van der Waals surface area contributed by atoms with Crippen LogP contribution in [-0.2, 0) is 15.9 Å². The predicted octanol–water partition coefficient (Wildman–Crippen LogP) is 2.67. The van der Waals surface area contributed by atoms with E-state index < -0.39 is 0 Å². The van der Waals surface area contributed by atoms with Gasteiger partial charge in [0.25, 0.3) is 0 Å². The van der Waals surface area contributed by atoms with Crippen molar-refractivity contribution in [1.82, 2.24) is 4.98 Å². The molecule has 4 nitrogen and oxygen atoms in total. The minimum Gasteiger partial charge on any atom is -0.383 e. The van der Waals surface area contributed by atoms with E-state index in [-0.39, 0.29) is 0 Å². The summed E-state index contributed by atoms with van der Waals surface area (Å²) >= 11 is 0. The number of rotatable bonds is 3. The lowest BCUT2D eigenvalue weighted by Crippen LogP contribution is -2.27. The molecule has 0 amide bonds. The second-order valence-corrected chi connectivity index (χ2v) is 5.12. The molecular weight excluding hydrogens is 240 g/mol. The van der Waals surface area contributed by atoms with Gasteiger partial charge in [-0.2, -0.15) is 0 Å². The van der Waals surface area contributed by atoms with E-state index in [1.807, 2.05) is 12.1 Å². The number of anilines is 1. The first kappa shape index (κ1) is 15.9. The van der Waals surface area contributed by atoms with Crippen molar-refractivity contribution in [3.05, 3.63) is 23.9 Å². The molecule has 19 heavy (non-hydrogen) atoms. The number of nitrogens with two attached hydrogens (primary N) is 1. The van der Waals surface area contributed by atoms with Gasteiger partial charge in [0, 0.05) is 6.20 Å². The third-order valence-corrected chi connectivity index (χ3v) is 2.89. The Bertz CT molecular complexity index is 350. The van der Waals surface area contributed by atoms with Gasteiger partial charge in [-0.05, 0) is 30.4 Å². The Balaban J connectivity index is 0.000000200. The molecule has 1 aromatic rings. The monoisotopic (exact) mass is 266 g/mol. The Morgan fingerprint density at radius 1 is 1.42 bits per heavy atom. The average Bonchev–Trinajstić information content (AvgIpc) is 2.43. The maximum absolute atomic E-state index is 5.66. The molecule has 1 fully saturated rings. The summed E-state index contributed by atoms with van der Waals surface area (Å²) in [5, 5.41) is 0. The maximum atomic E-state index is 5.66. The fourth-order valence-electron chi connectivity index (χ4n) is 1.84. The summed E-state index contributed by atoms with van der Waals surface area (Å²) in [5.74, 6) is 1.31. The number of hydrogen-bond acceptors (Lipinski definition) is 4. The third kappa shape index (κ3) is 6.55. The second kappa shape index (κ2) is 8.88. The molecule has 1 aliphatic rings. The molecule has 1 aromatic heterocycles. The molecule has 0 spiro atoms. The molecular formula is C15H26N2O2. The van der Waals surface area contributed by atoms with Gasteiger partial charge in [0.1, 0.15) is 5.82 Å². The highest BCUT2D eigenvalue weighted by atomic mass is 16.6. The summed E-state index contributed by atoms with van der Waals surface area (Å²) in [7, 11) is 0. The topological polar surface area (TPSA) is 57.4 Å². The molecule has 4 heteroatoms. The Kier molecular flexibility index (Phi) is 7.45. The lowest BCUT2D eigenvalue weighted by molar-refractivity contribution is -0.0887. The van der Waals surface area contributed by atoms with Crippen molar-refractivity contribution in [2.75, 3.05) is 25.6 Å². The van der Waals surface area contributed by atoms with Crippen molar-refractivity contribution in [3.8, 4) is 0 Å². The van der Waals surface area contributed by atoms with Gasteiger partial charge in [-0.25, -0.2) is 4.98 Å². The van der Waals surface area contributed by atoms with Crippen LogP contribution in [0.2, 0.25) is 0 Å². The van der Waals surface area contributed by atoms with Gasteiger partial charge in [-0.3, -0.25) is 0 Å². The van der Waals surface area contributed by atoms with Crippen molar-refractivity contribution in [1.29, 1.82) is 0 Å². The van der Waals surface area contributed by atoms with Gasteiger partial charge in [0.2, 0.25) is 0 Å². The first-order valence-corrected chi connectivity index (χ1v) is 7.02. The zero-order valence-corrected chi connectivity index (χ0v) is 12.3. The Labute approximate surface area is 116 Å². The molecule has 1 aliphatic heterocycles. The van der Waals surface area contributed by atoms with E-state index in [0.29, 0.717) is 17.8 Å². The fraction of sp³-hybridized carbons (Fsp3) is 0.667. The SMILES string of the molecule is CC(C)Cc1cccnc1N.CCC1COCCO1. The van der Waals surface area contributed by atoms with Gasteiger partial charge in [0.05, 0.1) is 25.9 Å². The molecule has 1 unspecified atom stereocenters. The van der Waals surface area contributed by atoms with E-state index in [1.54, 1.807) is 6.20 Å². The van der Waals surface area contributed by atoms with Gasteiger partial charge in [-0.1, -0.05) is 26.8 Å². The quantitative estimate of drug-likeness (QED) is 0.914. The maximum Gasteiger partial charge on any atom is 0.126 e. The summed E-state index contributed by atoms with van der Waals surface area (Å²) in [5.41, 5.74) is 6.81. The highest BCUT2D eigenvalue weighted by Gasteiger charge is 2.10. The molecule has 2 N–H and O–H groups in total. The zero-order chi connectivity index (χ0) is 14.1. The normalized spacial score (nSPS) is 18.8. The van der Waals surface area contributed by atoms with E-state index in [1.165, 1.54) is 0 Å². The van der Waals surface area contributed by atoms with Crippen LogP contribution in [0.5, 0.6) is 0 Å². The number of hydrogen-bond donors (Lipinski definition) is 1. The number of pyridine rings is 1. The first-order valence-electron chi connectivity index (χ1n) is 7.02. The van der Waals surface area contributed by atoms with Crippen molar-refractivity contribution >= 4 is 5.82 Å². The molecule has 2 rings (SSSR count). The fourth-order valence-corrected chi connectivity index (χ4v) is 1.84. The van der Waals surface area contributed by atoms with Crippen LogP contribution in [0, 0.1) is 5.92 Å². The number of aromatic nitrogens is 1. The largest absolute Gasteiger partial charge is 0.383 e. The van der Waals surface area contributed by atoms with Gasteiger partial charge in [0.15, 0.2) is 0 Å². The summed E-state index contributed by atoms with van der Waals surface area (Å²) < 4.78 is 10.5. The molecule has 1 saturated heterocycles. The predicted molar refractivity (Wildman–Crippen MR) is 78.0 cm³/mol.